The second kappa shape index (κ2) is 7.93. The molecule has 2 amide bonds. The molecule has 1 aromatic carbocycles. The van der Waals surface area contributed by atoms with Gasteiger partial charge in [0.05, 0.1) is 17.5 Å². The highest BCUT2D eigenvalue weighted by atomic mass is 16.3. The summed E-state index contributed by atoms with van der Waals surface area (Å²) in [4.78, 5) is 18.3. The molecule has 128 valence electrons. The molecule has 2 N–H and O–H groups in total. The van der Waals surface area contributed by atoms with Crippen molar-refractivity contribution in [1.82, 2.24) is 9.88 Å². The first-order valence-electron chi connectivity index (χ1n) is 8.08. The van der Waals surface area contributed by atoms with E-state index in [4.69, 9.17) is 0 Å². The lowest BCUT2D eigenvalue weighted by Crippen LogP contribution is -2.33. The van der Waals surface area contributed by atoms with Gasteiger partial charge in [0, 0.05) is 19.3 Å². The molecular formula is C19H25N3O2. The fraction of sp³-hybridized carbons (Fsp3) is 0.368. The Hall–Kier alpha value is -2.40. The van der Waals surface area contributed by atoms with Crippen LogP contribution in [0, 0.1) is 20.8 Å². The number of urea groups is 1. The fourth-order valence-corrected chi connectivity index (χ4v) is 2.67. The molecule has 1 atom stereocenters. The summed E-state index contributed by atoms with van der Waals surface area (Å²) in [5.41, 5.74) is 4.34. The van der Waals surface area contributed by atoms with E-state index in [1.165, 1.54) is 0 Å². The van der Waals surface area contributed by atoms with Gasteiger partial charge in [-0.2, -0.15) is 0 Å². The summed E-state index contributed by atoms with van der Waals surface area (Å²) < 4.78 is 0. The molecule has 0 saturated heterocycles. The Labute approximate surface area is 143 Å². The number of carbonyl (C=O) groups excluding carboxylic acids is 1. The lowest BCUT2D eigenvalue weighted by atomic mass is 10.1. The maximum atomic E-state index is 12.4. The first-order chi connectivity index (χ1) is 11.4. The highest BCUT2D eigenvalue weighted by molar-refractivity contribution is 5.90. The number of anilines is 1. The maximum absolute atomic E-state index is 12.4. The van der Waals surface area contributed by atoms with Crippen LogP contribution in [0.5, 0.6) is 0 Å². The van der Waals surface area contributed by atoms with Crippen molar-refractivity contribution >= 4 is 11.7 Å². The predicted octanol–water partition coefficient (Wildman–Crippen LogP) is 3.59. The van der Waals surface area contributed by atoms with Crippen molar-refractivity contribution in [3.05, 3.63) is 58.9 Å². The first-order valence-corrected chi connectivity index (χ1v) is 8.08. The van der Waals surface area contributed by atoms with E-state index in [0.29, 0.717) is 13.0 Å². The average Bonchev–Trinajstić information content (AvgIpc) is 2.56. The summed E-state index contributed by atoms with van der Waals surface area (Å²) in [5.74, 6) is 0. The number of amides is 2. The third-order valence-electron chi connectivity index (χ3n) is 4.03. The van der Waals surface area contributed by atoms with Gasteiger partial charge in [0.1, 0.15) is 0 Å². The Morgan fingerprint density at radius 1 is 1.25 bits per heavy atom. The molecule has 0 aliphatic rings. The van der Waals surface area contributed by atoms with E-state index in [9.17, 15) is 9.90 Å². The molecule has 2 rings (SSSR count). The number of carbonyl (C=O) groups is 1. The number of rotatable bonds is 5. The van der Waals surface area contributed by atoms with E-state index in [1.807, 2.05) is 57.2 Å². The van der Waals surface area contributed by atoms with Gasteiger partial charge in [0.25, 0.3) is 0 Å². The van der Waals surface area contributed by atoms with Gasteiger partial charge in [-0.25, -0.2) is 4.79 Å². The van der Waals surface area contributed by atoms with Crippen LogP contribution in [-0.4, -0.2) is 34.6 Å². The molecule has 5 heteroatoms. The van der Waals surface area contributed by atoms with Crippen molar-refractivity contribution in [3.8, 4) is 0 Å². The molecule has 0 fully saturated rings. The number of nitrogens with one attached hydrogen (secondary N) is 1. The van der Waals surface area contributed by atoms with E-state index >= 15 is 0 Å². The average molecular weight is 327 g/mol. The van der Waals surface area contributed by atoms with Gasteiger partial charge >= 0.3 is 6.03 Å². The van der Waals surface area contributed by atoms with Crippen LogP contribution in [0.15, 0.2) is 36.4 Å². The van der Waals surface area contributed by atoms with E-state index in [2.05, 4.69) is 10.3 Å². The van der Waals surface area contributed by atoms with Gasteiger partial charge in [0.15, 0.2) is 0 Å². The van der Waals surface area contributed by atoms with Crippen molar-refractivity contribution in [3.63, 3.8) is 0 Å². The second-order valence-corrected chi connectivity index (χ2v) is 6.11. The van der Waals surface area contributed by atoms with E-state index in [1.54, 1.807) is 11.9 Å². The number of hydrogen-bond donors (Lipinski definition) is 2. The molecule has 0 bridgehead atoms. The minimum atomic E-state index is -0.578. The Morgan fingerprint density at radius 2 is 1.92 bits per heavy atom. The summed E-state index contributed by atoms with van der Waals surface area (Å²) >= 11 is 0. The number of aliphatic hydroxyl groups excluding tert-OH is 1. The van der Waals surface area contributed by atoms with Gasteiger partial charge in [0.2, 0.25) is 0 Å². The topological polar surface area (TPSA) is 65.5 Å². The standard InChI is InChI=1S/C19H25N3O2/c1-13-12-14(2)20-15(3)18(13)21-19(24)22(4)11-10-17(23)16-8-6-5-7-9-16/h5-9,12,17,23H,10-11H2,1-4H3,(H,21,24). The Morgan fingerprint density at radius 3 is 2.54 bits per heavy atom. The van der Waals surface area contributed by atoms with Crippen LogP contribution in [0.4, 0.5) is 10.5 Å². The maximum Gasteiger partial charge on any atom is 0.321 e. The summed E-state index contributed by atoms with van der Waals surface area (Å²) in [7, 11) is 1.72. The van der Waals surface area contributed by atoms with Crippen LogP contribution in [0.1, 0.15) is 35.0 Å². The number of hydrogen-bond acceptors (Lipinski definition) is 3. The quantitative estimate of drug-likeness (QED) is 0.882. The van der Waals surface area contributed by atoms with Gasteiger partial charge in [-0.1, -0.05) is 30.3 Å². The van der Waals surface area contributed by atoms with Crippen molar-refractivity contribution in [1.29, 1.82) is 0 Å². The van der Waals surface area contributed by atoms with Crippen molar-refractivity contribution in [2.75, 3.05) is 18.9 Å². The molecule has 0 aliphatic carbocycles. The molecule has 0 saturated carbocycles. The number of aryl methyl sites for hydroxylation is 3. The van der Waals surface area contributed by atoms with E-state index < -0.39 is 6.10 Å². The third-order valence-corrected chi connectivity index (χ3v) is 4.03. The van der Waals surface area contributed by atoms with Gasteiger partial charge in [-0.05, 0) is 44.4 Å². The second-order valence-electron chi connectivity index (χ2n) is 6.11. The van der Waals surface area contributed by atoms with Gasteiger partial charge < -0.3 is 15.3 Å². The molecule has 24 heavy (non-hydrogen) atoms. The zero-order valence-corrected chi connectivity index (χ0v) is 14.7. The van der Waals surface area contributed by atoms with Gasteiger partial charge in [-0.3, -0.25) is 4.98 Å². The number of aliphatic hydroxyl groups is 1. The predicted molar refractivity (Wildman–Crippen MR) is 96.1 cm³/mol. The molecule has 1 unspecified atom stereocenters. The smallest absolute Gasteiger partial charge is 0.321 e. The summed E-state index contributed by atoms with van der Waals surface area (Å²) in [6.45, 7) is 6.23. The van der Waals surface area contributed by atoms with Crippen LogP contribution in [-0.2, 0) is 0 Å². The summed E-state index contributed by atoms with van der Waals surface area (Å²) in [5, 5.41) is 13.1. The Bertz CT molecular complexity index is 678. The number of pyridine rings is 1. The number of aromatic nitrogens is 1. The molecule has 5 nitrogen and oxygen atoms in total. The largest absolute Gasteiger partial charge is 0.388 e. The molecule has 1 heterocycles. The zero-order valence-electron chi connectivity index (χ0n) is 14.7. The van der Waals surface area contributed by atoms with Crippen molar-refractivity contribution in [2.24, 2.45) is 0 Å². The summed E-state index contributed by atoms with van der Waals surface area (Å²) in [6.07, 6.45) is -0.0936. The lowest BCUT2D eigenvalue weighted by Gasteiger charge is -2.21. The molecule has 0 aliphatic heterocycles. The fourth-order valence-electron chi connectivity index (χ4n) is 2.67. The van der Waals surface area contributed by atoms with Crippen LogP contribution >= 0.6 is 0 Å². The monoisotopic (exact) mass is 327 g/mol. The highest BCUT2D eigenvalue weighted by Crippen LogP contribution is 2.20. The normalized spacial score (nSPS) is 11.9. The van der Waals surface area contributed by atoms with E-state index in [-0.39, 0.29) is 6.03 Å². The molecule has 0 radical (unpaired) electrons. The Balaban J connectivity index is 1.93. The van der Waals surface area contributed by atoms with Crippen LogP contribution in [0.3, 0.4) is 0 Å². The van der Waals surface area contributed by atoms with Crippen LogP contribution < -0.4 is 5.32 Å². The minimum absolute atomic E-state index is 0.202. The molecule has 0 spiro atoms. The van der Waals surface area contributed by atoms with Crippen LogP contribution in [0.25, 0.3) is 0 Å². The Kier molecular flexibility index (Phi) is 5.93. The highest BCUT2D eigenvalue weighted by Gasteiger charge is 2.15. The summed E-state index contributed by atoms with van der Waals surface area (Å²) in [6, 6.07) is 11.2. The SMILES string of the molecule is Cc1cc(C)c(NC(=O)N(C)CCC(O)c2ccccc2)c(C)n1. The minimum Gasteiger partial charge on any atom is -0.388 e. The molecular weight excluding hydrogens is 302 g/mol. The first kappa shape index (κ1) is 17.9. The molecule has 1 aromatic heterocycles. The number of benzene rings is 1. The van der Waals surface area contributed by atoms with Crippen molar-refractivity contribution in [2.45, 2.75) is 33.3 Å². The van der Waals surface area contributed by atoms with Crippen LogP contribution in [0.2, 0.25) is 0 Å². The molecule has 2 aromatic rings. The third kappa shape index (κ3) is 4.55. The van der Waals surface area contributed by atoms with E-state index in [0.717, 1.165) is 28.2 Å². The van der Waals surface area contributed by atoms with Gasteiger partial charge in [-0.15, -0.1) is 0 Å². The van der Waals surface area contributed by atoms with Crippen molar-refractivity contribution < 1.29 is 9.90 Å². The zero-order chi connectivity index (χ0) is 17.7. The number of nitrogens with zero attached hydrogens (tertiary/aromatic N) is 2. The lowest BCUT2D eigenvalue weighted by molar-refractivity contribution is 0.152.